The number of nitrogens with zero attached hydrogens (tertiary/aromatic N) is 13. The first kappa shape index (κ1) is 54.2. The number of H-pyrrole nitrogens is 1. The molecule has 22 nitrogen and oxygen atoms in total. The van der Waals surface area contributed by atoms with Gasteiger partial charge in [-0.3, -0.25) is 19.5 Å². The maximum atomic E-state index is 14.0. The summed E-state index contributed by atoms with van der Waals surface area (Å²) in [5.41, 5.74) is 0.308. The molecule has 0 atom stereocenters. The molecule has 1 aromatic carbocycles. The molecule has 4 aromatic heterocycles. The number of piperazine rings is 2. The highest BCUT2D eigenvalue weighted by Gasteiger charge is 2.34. The van der Waals surface area contributed by atoms with Gasteiger partial charge in [-0.15, -0.1) is 5.10 Å². The maximum Gasteiger partial charge on any atom is 0.416 e. The van der Waals surface area contributed by atoms with E-state index >= 15 is 0 Å². The Morgan fingerprint density at radius 1 is 0.680 bits per heavy atom. The normalized spacial score (nSPS) is 16.7. The van der Waals surface area contributed by atoms with E-state index in [1.807, 2.05) is 49.3 Å². The lowest BCUT2D eigenvalue weighted by atomic mass is 10.1. The Kier molecular flexibility index (Phi) is 15.6. The number of carbonyl (C=O) groups is 3. The highest BCUT2D eigenvalue weighted by molar-refractivity contribution is 5.92. The predicted molar refractivity (Wildman–Crippen MR) is 277 cm³/mol. The molecule has 4 saturated heterocycles. The number of benzene rings is 1. The van der Waals surface area contributed by atoms with Crippen LogP contribution in [0.2, 0.25) is 0 Å². The molecule has 8 heterocycles. The number of ether oxygens (including phenoxy) is 2. The Morgan fingerprint density at radius 3 is 1.73 bits per heavy atom. The van der Waals surface area contributed by atoms with Gasteiger partial charge in [0.1, 0.15) is 29.1 Å². The number of amides is 3. The molecule has 5 aromatic rings. The molecule has 4 fully saturated rings. The number of halogens is 3. The fourth-order valence-electron chi connectivity index (χ4n) is 9.74. The second kappa shape index (κ2) is 21.6. The van der Waals surface area contributed by atoms with E-state index in [-0.39, 0.29) is 40.8 Å². The molecule has 0 saturated carbocycles. The lowest BCUT2D eigenvalue weighted by Crippen LogP contribution is -2.51. The van der Waals surface area contributed by atoms with Gasteiger partial charge >= 0.3 is 18.4 Å². The molecule has 408 valence electrons. The fraction of sp³-hybridized carbons (Fsp3) is 0.620. The minimum atomic E-state index is -4.50. The van der Waals surface area contributed by atoms with Crippen LogP contribution < -0.4 is 36.0 Å². The molecular formula is C50H70F3N15O7. The lowest BCUT2D eigenvalue weighted by Gasteiger charge is -2.37. The molecule has 0 aliphatic carbocycles. The second-order valence-corrected chi connectivity index (χ2v) is 21.3. The summed E-state index contributed by atoms with van der Waals surface area (Å²) in [5, 5.41) is 10.4. The van der Waals surface area contributed by atoms with Crippen molar-refractivity contribution in [3.8, 4) is 0 Å². The topological polar surface area (TPSA) is 216 Å². The Morgan fingerprint density at radius 2 is 1.23 bits per heavy atom. The smallest absolute Gasteiger partial charge is 0.416 e. The van der Waals surface area contributed by atoms with Gasteiger partial charge in [0.2, 0.25) is 23.6 Å². The quantitative estimate of drug-likeness (QED) is 0.181. The van der Waals surface area contributed by atoms with E-state index in [2.05, 4.69) is 35.4 Å². The standard InChI is InChI=1S/C30H39F3N8O4.C20H31N7O3/c1-6-22-24(37-13-15-39(16-14-37)28(44)45-29(3,4)5)25(43)41-27(35-26(36-41)38-11-7-8-12-38)40(22)18-23(42)34-21-10-9-20(17-19(21)2)30(31,32)33;1-5-14-15(24-10-12-26(13-11-24)19(29)30-20(2,3)4)16(28)27-17(21-14)22-18(23-27)25-8-6-7-9-25/h9-10,17H,6-8,11-16,18H2,1-5H3,(H,34,42);5-13H2,1-4H3,(H,21,22,23). The van der Waals surface area contributed by atoms with Gasteiger partial charge < -0.3 is 48.8 Å². The molecular weight excluding hydrogens is 980 g/mol. The van der Waals surface area contributed by atoms with E-state index in [0.717, 1.165) is 69.7 Å². The summed E-state index contributed by atoms with van der Waals surface area (Å²) in [6.45, 7) is 23.0. The number of aryl methyl sites for hydroxylation is 2. The SMILES string of the molecule is CCc1c(N2CCN(C(=O)OC(C)(C)C)CC2)c(=O)n2nc(N3CCCC3)nc2n1CC(=O)Nc1ccc(C(F)(F)F)cc1C.CCc1nc2nc(N3CCCC3)[nH]n2c(=O)c1N1CCN(C(=O)OC(C)(C)C)CC1. The molecule has 0 radical (unpaired) electrons. The molecule has 0 bridgehead atoms. The monoisotopic (exact) mass is 1050 g/mol. The van der Waals surface area contributed by atoms with E-state index in [1.54, 1.807) is 35.1 Å². The summed E-state index contributed by atoms with van der Waals surface area (Å²) in [7, 11) is 0. The predicted octanol–water partition coefficient (Wildman–Crippen LogP) is 5.71. The Balaban J connectivity index is 0.000000216. The van der Waals surface area contributed by atoms with Crippen LogP contribution in [0.4, 0.5) is 51.7 Å². The zero-order valence-electron chi connectivity index (χ0n) is 44.5. The molecule has 9 rings (SSSR count). The molecule has 0 unspecified atom stereocenters. The van der Waals surface area contributed by atoms with Gasteiger partial charge in [-0.1, -0.05) is 13.8 Å². The number of hydrogen-bond acceptors (Lipinski definition) is 15. The zero-order chi connectivity index (χ0) is 54.1. The Labute approximate surface area is 432 Å². The maximum absolute atomic E-state index is 14.0. The van der Waals surface area contributed by atoms with Crippen molar-refractivity contribution in [3.05, 3.63) is 61.4 Å². The van der Waals surface area contributed by atoms with Crippen LogP contribution in [0.1, 0.15) is 104 Å². The van der Waals surface area contributed by atoms with Crippen molar-refractivity contribution in [2.75, 3.05) is 103 Å². The third-order valence-electron chi connectivity index (χ3n) is 13.4. The van der Waals surface area contributed by atoms with Gasteiger partial charge in [-0.05, 0) is 111 Å². The van der Waals surface area contributed by atoms with Crippen molar-refractivity contribution in [1.29, 1.82) is 0 Å². The van der Waals surface area contributed by atoms with Crippen LogP contribution in [0.15, 0.2) is 27.8 Å². The molecule has 25 heteroatoms. The molecule has 4 aliphatic rings. The van der Waals surface area contributed by atoms with Gasteiger partial charge in [0.15, 0.2) is 0 Å². The van der Waals surface area contributed by atoms with E-state index in [4.69, 9.17) is 9.47 Å². The Bertz CT molecular complexity index is 3020. The van der Waals surface area contributed by atoms with E-state index in [0.29, 0.717) is 99.9 Å². The third-order valence-corrected chi connectivity index (χ3v) is 13.4. The van der Waals surface area contributed by atoms with Gasteiger partial charge in [0, 0.05) is 84.2 Å². The summed E-state index contributed by atoms with van der Waals surface area (Å²) < 4.78 is 54.8. The third kappa shape index (κ3) is 12.2. The fourth-order valence-corrected chi connectivity index (χ4v) is 9.74. The van der Waals surface area contributed by atoms with Gasteiger partial charge in [0.05, 0.1) is 17.0 Å². The summed E-state index contributed by atoms with van der Waals surface area (Å²) in [6.07, 6.45) is -0.00534. The number of rotatable bonds is 9. The van der Waals surface area contributed by atoms with Crippen molar-refractivity contribution in [2.45, 2.75) is 125 Å². The zero-order valence-corrected chi connectivity index (χ0v) is 44.5. The van der Waals surface area contributed by atoms with Crippen molar-refractivity contribution in [1.82, 2.24) is 48.5 Å². The second-order valence-electron chi connectivity index (χ2n) is 21.3. The average Bonchev–Trinajstić information content (AvgIpc) is 4.20. The minimum Gasteiger partial charge on any atom is -0.444 e. The van der Waals surface area contributed by atoms with Gasteiger partial charge in [-0.2, -0.15) is 32.2 Å². The lowest BCUT2D eigenvalue weighted by molar-refractivity contribution is -0.137. The first-order valence-electron chi connectivity index (χ1n) is 25.9. The average molecular weight is 1050 g/mol. The number of aromatic amines is 1. The summed E-state index contributed by atoms with van der Waals surface area (Å²) in [6, 6.07) is 3.14. The first-order valence-corrected chi connectivity index (χ1v) is 25.9. The van der Waals surface area contributed by atoms with Crippen molar-refractivity contribution < 1.29 is 37.0 Å². The van der Waals surface area contributed by atoms with Crippen molar-refractivity contribution in [3.63, 3.8) is 0 Å². The molecule has 75 heavy (non-hydrogen) atoms. The van der Waals surface area contributed by atoms with Gasteiger partial charge in [0.25, 0.3) is 16.9 Å². The van der Waals surface area contributed by atoms with Crippen LogP contribution in [-0.4, -0.2) is 156 Å². The largest absolute Gasteiger partial charge is 0.444 e. The number of alkyl halides is 3. The number of fused-ring (bicyclic) bond motifs is 2. The van der Waals surface area contributed by atoms with Crippen molar-refractivity contribution in [2.24, 2.45) is 0 Å². The van der Waals surface area contributed by atoms with Crippen molar-refractivity contribution >= 4 is 58.6 Å². The number of nitrogens with one attached hydrogen (secondary N) is 2. The minimum absolute atomic E-state index is 0.138. The van der Waals surface area contributed by atoms with Crippen LogP contribution in [0.5, 0.6) is 0 Å². The van der Waals surface area contributed by atoms with Crippen LogP contribution in [0, 0.1) is 6.92 Å². The number of carbonyl (C=O) groups excluding carboxylic acids is 3. The highest BCUT2D eigenvalue weighted by atomic mass is 19.4. The van der Waals surface area contributed by atoms with Crippen LogP contribution in [0.25, 0.3) is 11.6 Å². The van der Waals surface area contributed by atoms with Gasteiger partial charge in [-0.25, -0.2) is 14.6 Å². The first-order chi connectivity index (χ1) is 35.4. The Hall–Kier alpha value is -7.08. The van der Waals surface area contributed by atoms with E-state index in [1.165, 1.54) is 22.0 Å². The number of aromatic nitrogens is 8. The van der Waals surface area contributed by atoms with Crippen LogP contribution in [-0.2, 0) is 39.8 Å². The van der Waals surface area contributed by atoms with Crippen LogP contribution >= 0.6 is 0 Å². The molecule has 4 aliphatic heterocycles. The highest BCUT2D eigenvalue weighted by Crippen LogP contribution is 2.32. The van der Waals surface area contributed by atoms with E-state index in [9.17, 15) is 37.1 Å². The van der Waals surface area contributed by atoms with Crippen LogP contribution in [0.3, 0.4) is 0 Å². The van der Waals surface area contributed by atoms with E-state index < -0.39 is 34.9 Å². The summed E-state index contributed by atoms with van der Waals surface area (Å²) >= 11 is 0. The summed E-state index contributed by atoms with van der Waals surface area (Å²) in [5.74, 6) is 1.21. The summed E-state index contributed by atoms with van der Waals surface area (Å²) in [4.78, 5) is 91.0. The molecule has 2 N–H and O–H groups in total. The number of hydrogen-bond donors (Lipinski definition) is 2. The number of anilines is 5. The molecule has 0 spiro atoms. The molecule has 3 amide bonds.